The fraction of sp³-hybridized carbons (Fsp3) is 0.472. The van der Waals surface area contributed by atoms with E-state index in [9.17, 15) is 28.8 Å². The Labute approximate surface area is 296 Å². The summed E-state index contributed by atoms with van der Waals surface area (Å²) in [5.41, 5.74) is 12.5. The smallest absolute Gasteiger partial charge is 0.410 e. The molecule has 2 aromatic rings. The number of Topliss-reactive ketones (excluding diaryl/α,β-unsaturated/α-hetero) is 1. The molecule has 2 aromatic carbocycles. The molecule has 3 unspecified atom stereocenters. The van der Waals surface area contributed by atoms with E-state index in [1.54, 1.807) is 24.1 Å². The minimum Gasteiger partial charge on any atom is -0.451 e. The number of amides is 4. The standard InChI is InChI=1S/C36H45N7O8/c1-42(36(49)50-20-22-10-3-2-4-11-22)27-16-6-5-12-23(27)34(48)43-19-9-17-28(43)33(47)41-26(15-8-18-39-35(37)38)30(45)31(51-21-44)29-24-13-7-14-25(29)40-32(24)46/h2-4,7,10-11,13-14,21,23,26-28,31H,5-6,8-9,12,15-20H2,1H3,(H,40,46)(H,41,47)(H4,37,38,39)/t23?,26-,27?,28-,31?/m0/s1. The van der Waals surface area contributed by atoms with Gasteiger partial charge in [-0.15, -0.1) is 0 Å². The van der Waals surface area contributed by atoms with Crippen molar-refractivity contribution in [2.75, 3.05) is 25.5 Å². The average molecular weight is 704 g/mol. The maximum atomic E-state index is 14.2. The lowest BCUT2D eigenvalue weighted by Crippen LogP contribution is -2.55. The van der Waals surface area contributed by atoms with Crippen LogP contribution in [-0.4, -0.2) is 90.1 Å². The van der Waals surface area contributed by atoms with Crippen molar-refractivity contribution in [2.24, 2.45) is 22.4 Å². The number of ketones is 1. The van der Waals surface area contributed by atoms with Crippen LogP contribution in [0.3, 0.4) is 0 Å². The number of likely N-dealkylation sites (tertiary alicyclic amines) is 1. The summed E-state index contributed by atoms with van der Waals surface area (Å²) in [6.07, 6.45) is 2.11. The van der Waals surface area contributed by atoms with Crippen molar-refractivity contribution in [2.45, 2.75) is 82.2 Å². The summed E-state index contributed by atoms with van der Waals surface area (Å²) in [5.74, 6) is -2.52. The van der Waals surface area contributed by atoms with E-state index < -0.39 is 53.8 Å². The third-order valence-electron chi connectivity index (χ3n) is 9.79. The number of rotatable bonds is 15. The minimum absolute atomic E-state index is 0.0835. The molecule has 2 heterocycles. The van der Waals surface area contributed by atoms with Gasteiger partial charge in [-0.1, -0.05) is 49.2 Å². The first-order valence-corrected chi connectivity index (χ1v) is 17.3. The van der Waals surface area contributed by atoms with Crippen LogP contribution < -0.4 is 22.1 Å². The quantitative estimate of drug-likeness (QED) is 0.0919. The van der Waals surface area contributed by atoms with E-state index in [0.29, 0.717) is 37.9 Å². The molecule has 272 valence electrons. The Hall–Kier alpha value is -5.47. The van der Waals surface area contributed by atoms with Crippen LogP contribution in [-0.2, 0) is 35.3 Å². The van der Waals surface area contributed by atoms with Crippen molar-refractivity contribution in [1.82, 2.24) is 15.1 Å². The van der Waals surface area contributed by atoms with Gasteiger partial charge in [0.05, 0.1) is 12.0 Å². The Balaban J connectivity index is 1.31. The Bertz CT molecular complexity index is 1650. The largest absolute Gasteiger partial charge is 0.451 e. The van der Waals surface area contributed by atoms with E-state index in [-0.39, 0.29) is 55.5 Å². The van der Waals surface area contributed by atoms with Gasteiger partial charge in [0.25, 0.3) is 12.4 Å². The monoisotopic (exact) mass is 703 g/mol. The third-order valence-corrected chi connectivity index (χ3v) is 9.79. The summed E-state index contributed by atoms with van der Waals surface area (Å²) >= 11 is 0. The van der Waals surface area contributed by atoms with Crippen LogP contribution in [0.25, 0.3) is 0 Å². The van der Waals surface area contributed by atoms with E-state index in [2.05, 4.69) is 15.6 Å². The number of carbonyl (C=O) groups is 6. The number of carbonyl (C=O) groups excluding carboxylic acids is 6. The summed E-state index contributed by atoms with van der Waals surface area (Å²) in [5, 5.41) is 5.48. The van der Waals surface area contributed by atoms with E-state index in [1.165, 1.54) is 11.0 Å². The third kappa shape index (κ3) is 8.64. The van der Waals surface area contributed by atoms with Crippen molar-refractivity contribution in [3.8, 4) is 0 Å². The molecule has 5 rings (SSSR count). The molecule has 4 amide bonds. The minimum atomic E-state index is -1.48. The molecule has 2 fully saturated rings. The molecule has 5 atom stereocenters. The van der Waals surface area contributed by atoms with Gasteiger partial charge in [0.1, 0.15) is 12.6 Å². The van der Waals surface area contributed by atoms with Gasteiger partial charge >= 0.3 is 6.09 Å². The zero-order chi connectivity index (χ0) is 36.5. The van der Waals surface area contributed by atoms with Gasteiger partial charge < -0.3 is 41.4 Å². The zero-order valence-corrected chi connectivity index (χ0v) is 28.6. The van der Waals surface area contributed by atoms with Crippen LogP contribution in [0.15, 0.2) is 53.5 Å². The molecule has 2 bridgehead atoms. The Morgan fingerprint density at radius 3 is 2.55 bits per heavy atom. The summed E-state index contributed by atoms with van der Waals surface area (Å²) in [6, 6.07) is 11.6. The number of aliphatic imine (C=N–C) groups is 1. The lowest BCUT2D eigenvalue weighted by atomic mass is 9.82. The second kappa shape index (κ2) is 17.0. The SMILES string of the molecule is CN(C(=O)OCc1ccccc1)C1CCCCC1C(=O)N1CCC[C@H]1C(=O)N[C@@H](CCCN=C(N)N)C(=O)C(OC=O)c1c2cccc1C(=O)N2. The molecule has 1 aliphatic carbocycles. The van der Waals surface area contributed by atoms with E-state index in [0.717, 1.165) is 18.4 Å². The predicted octanol–water partition coefficient (Wildman–Crippen LogP) is 2.39. The van der Waals surface area contributed by atoms with E-state index in [4.69, 9.17) is 20.9 Å². The van der Waals surface area contributed by atoms with Gasteiger partial charge in [-0.2, -0.15) is 0 Å². The molecule has 15 heteroatoms. The van der Waals surface area contributed by atoms with Gasteiger partial charge in [0.15, 0.2) is 17.8 Å². The summed E-state index contributed by atoms with van der Waals surface area (Å²) in [4.78, 5) is 86.5. The first-order valence-electron chi connectivity index (χ1n) is 17.3. The van der Waals surface area contributed by atoms with Crippen molar-refractivity contribution >= 4 is 47.7 Å². The first kappa shape index (κ1) is 36.8. The Kier molecular flexibility index (Phi) is 12.2. The van der Waals surface area contributed by atoms with Crippen LogP contribution >= 0.6 is 0 Å². The highest BCUT2D eigenvalue weighted by molar-refractivity contribution is 6.13. The van der Waals surface area contributed by atoms with Crippen LogP contribution in [0.1, 0.15) is 79.0 Å². The number of hydrogen-bond acceptors (Lipinski definition) is 9. The van der Waals surface area contributed by atoms with Crippen LogP contribution in [0.4, 0.5) is 10.5 Å². The number of hydrogen-bond donors (Lipinski definition) is 4. The van der Waals surface area contributed by atoms with Crippen LogP contribution in [0.5, 0.6) is 0 Å². The Morgan fingerprint density at radius 2 is 1.82 bits per heavy atom. The fourth-order valence-electron chi connectivity index (χ4n) is 7.25. The molecule has 2 aliphatic heterocycles. The number of nitrogens with zero attached hydrogens (tertiary/aromatic N) is 3. The number of anilines is 1. The van der Waals surface area contributed by atoms with Gasteiger partial charge in [0.2, 0.25) is 11.8 Å². The molecule has 51 heavy (non-hydrogen) atoms. The number of ether oxygens (including phenoxy) is 2. The van der Waals surface area contributed by atoms with Gasteiger partial charge in [-0.3, -0.25) is 29.0 Å². The lowest BCUT2D eigenvalue weighted by Gasteiger charge is -2.39. The summed E-state index contributed by atoms with van der Waals surface area (Å²) < 4.78 is 10.8. The predicted molar refractivity (Wildman–Crippen MR) is 186 cm³/mol. The molecule has 0 radical (unpaired) electrons. The summed E-state index contributed by atoms with van der Waals surface area (Å²) in [7, 11) is 1.64. The van der Waals surface area contributed by atoms with Crippen LogP contribution in [0, 0.1) is 5.92 Å². The zero-order valence-electron chi connectivity index (χ0n) is 28.6. The molecule has 6 N–H and O–H groups in total. The first-order chi connectivity index (χ1) is 24.6. The molecular formula is C36H45N7O8. The van der Waals surface area contributed by atoms with Gasteiger partial charge in [-0.25, -0.2) is 4.79 Å². The fourth-order valence-corrected chi connectivity index (χ4v) is 7.25. The number of benzene rings is 2. The lowest BCUT2D eigenvalue weighted by molar-refractivity contribution is -0.147. The van der Waals surface area contributed by atoms with E-state index >= 15 is 0 Å². The van der Waals surface area contributed by atoms with Crippen molar-refractivity contribution in [3.05, 3.63) is 65.2 Å². The molecule has 1 saturated carbocycles. The molecule has 3 aliphatic rings. The average Bonchev–Trinajstić information content (AvgIpc) is 3.70. The van der Waals surface area contributed by atoms with Crippen LogP contribution in [0.2, 0.25) is 0 Å². The molecule has 0 spiro atoms. The maximum absolute atomic E-state index is 14.2. The molecule has 1 saturated heterocycles. The molecule has 0 aromatic heterocycles. The molecule has 15 nitrogen and oxygen atoms in total. The topological polar surface area (TPSA) is 216 Å². The number of nitrogens with one attached hydrogen (secondary N) is 2. The summed E-state index contributed by atoms with van der Waals surface area (Å²) in [6.45, 7) is 0.742. The number of nitrogens with two attached hydrogens (primary N) is 2. The van der Waals surface area contributed by atoms with E-state index in [1.807, 2.05) is 30.3 Å². The maximum Gasteiger partial charge on any atom is 0.410 e. The van der Waals surface area contributed by atoms with Gasteiger partial charge in [-0.05, 0) is 56.2 Å². The van der Waals surface area contributed by atoms with Crippen molar-refractivity contribution < 1.29 is 38.2 Å². The highest BCUT2D eigenvalue weighted by atomic mass is 16.6. The van der Waals surface area contributed by atoms with Crippen molar-refractivity contribution in [1.29, 1.82) is 0 Å². The second-order valence-electron chi connectivity index (χ2n) is 13.0. The Morgan fingerprint density at radius 1 is 1.06 bits per heavy atom. The highest BCUT2D eigenvalue weighted by Gasteiger charge is 2.44. The number of guanidine groups is 1. The molecular weight excluding hydrogens is 658 g/mol. The van der Waals surface area contributed by atoms with Gasteiger partial charge in [0, 0.05) is 43.0 Å². The van der Waals surface area contributed by atoms with Crippen molar-refractivity contribution in [3.63, 3.8) is 0 Å². The highest BCUT2D eigenvalue weighted by Crippen LogP contribution is 2.36. The number of fused-ring (bicyclic) bond motifs is 2. The second-order valence-corrected chi connectivity index (χ2v) is 13.0. The normalized spacial score (nSPS) is 20.4.